The molecule has 0 bridgehead atoms. The Morgan fingerprint density at radius 1 is 1.11 bits per heavy atom. The van der Waals surface area contributed by atoms with Crippen LogP contribution in [0.2, 0.25) is 0 Å². The van der Waals surface area contributed by atoms with Crippen LogP contribution < -0.4 is 15.2 Å². The maximum atomic E-state index is 6.14. The highest BCUT2D eigenvalue weighted by Crippen LogP contribution is 2.28. The molecule has 100 valence electrons. The number of aromatic nitrogens is 2. The molecule has 0 saturated carbocycles. The number of methoxy groups -OCH3 is 2. The summed E-state index contributed by atoms with van der Waals surface area (Å²) < 4.78 is 10.5. The Morgan fingerprint density at radius 2 is 1.79 bits per heavy atom. The summed E-state index contributed by atoms with van der Waals surface area (Å²) >= 11 is 0. The molecule has 0 radical (unpaired) electrons. The van der Waals surface area contributed by atoms with Crippen molar-refractivity contribution in [2.45, 2.75) is 12.5 Å². The molecule has 2 N–H and O–H groups in total. The van der Waals surface area contributed by atoms with Gasteiger partial charge in [-0.05, 0) is 24.1 Å². The summed E-state index contributed by atoms with van der Waals surface area (Å²) in [4.78, 5) is 7.95. The van der Waals surface area contributed by atoms with Crippen LogP contribution in [-0.4, -0.2) is 24.2 Å². The fourth-order valence-corrected chi connectivity index (χ4v) is 1.88. The topological polar surface area (TPSA) is 70.3 Å². The first-order valence-corrected chi connectivity index (χ1v) is 5.96. The second-order valence-electron chi connectivity index (χ2n) is 4.17. The SMILES string of the molecule is COc1ccc(CC(N)c2cncnc2)cc1OC. The Morgan fingerprint density at radius 3 is 2.42 bits per heavy atom. The van der Waals surface area contributed by atoms with E-state index in [0.29, 0.717) is 17.9 Å². The van der Waals surface area contributed by atoms with Gasteiger partial charge in [-0.1, -0.05) is 6.07 Å². The smallest absolute Gasteiger partial charge is 0.160 e. The zero-order chi connectivity index (χ0) is 13.7. The average Bonchev–Trinajstić information content (AvgIpc) is 2.48. The van der Waals surface area contributed by atoms with E-state index in [2.05, 4.69) is 9.97 Å². The third-order valence-electron chi connectivity index (χ3n) is 2.91. The van der Waals surface area contributed by atoms with Gasteiger partial charge < -0.3 is 15.2 Å². The fraction of sp³-hybridized carbons (Fsp3) is 0.286. The average molecular weight is 259 g/mol. The molecule has 2 rings (SSSR count). The van der Waals surface area contributed by atoms with E-state index in [0.717, 1.165) is 11.1 Å². The molecule has 0 spiro atoms. The van der Waals surface area contributed by atoms with Gasteiger partial charge in [0, 0.05) is 24.0 Å². The number of nitrogens with two attached hydrogens (primary N) is 1. The Bertz CT molecular complexity index is 531. The van der Waals surface area contributed by atoms with E-state index in [4.69, 9.17) is 15.2 Å². The molecule has 0 aliphatic carbocycles. The zero-order valence-electron chi connectivity index (χ0n) is 11.0. The van der Waals surface area contributed by atoms with E-state index < -0.39 is 0 Å². The van der Waals surface area contributed by atoms with E-state index in [1.165, 1.54) is 6.33 Å². The summed E-state index contributed by atoms with van der Waals surface area (Å²) in [5.41, 5.74) is 8.13. The normalized spacial score (nSPS) is 11.9. The first kappa shape index (κ1) is 13.3. The third kappa shape index (κ3) is 3.20. The summed E-state index contributed by atoms with van der Waals surface area (Å²) in [5.74, 6) is 1.42. The molecule has 2 aromatic rings. The van der Waals surface area contributed by atoms with Crippen LogP contribution in [0.15, 0.2) is 36.9 Å². The molecule has 1 heterocycles. The van der Waals surface area contributed by atoms with Crippen molar-refractivity contribution in [3.8, 4) is 11.5 Å². The second-order valence-corrected chi connectivity index (χ2v) is 4.17. The van der Waals surface area contributed by atoms with Crippen molar-refractivity contribution in [1.82, 2.24) is 9.97 Å². The minimum Gasteiger partial charge on any atom is -0.493 e. The Labute approximate surface area is 112 Å². The van der Waals surface area contributed by atoms with Gasteiger partial charge in [-0.15, -0.1) is 0 Å². The Balaban J connectivity index is 2.15. The standard InChI is InChI=1S/C14H17N3O2/c1-18-13-4-3-10(6-14(13)19-2)5-12(15)11-7-16-9-17-8-11/h3-4,6-9,12H,5,15H2,1-2H3. The van der Waals surface area contributed by atoms with Crippen LogP contribution in [0, 0.1) is 0 Å². The van der Waals surface area contributed by atoms with E-state index in [1.807, 2.05) is 18.2 Å². The van der Waals surface area contributed by atoms with Crippen molar-refractivity contribution in [3.63, 3.8) is 0 Å². The van der Waals surface area contributed by atoms with Crippen LogP contribution in [-0.2, 0) is 6.42 Å². The van der Waals surface area contributed by atoms with Crippen molar-refractivity contribution in [2.75, 3.05) is 14.2 Å². The minimum absolute atomic E-state index is 0.140. The number of hydrogen-bond acceptors (Lipinski definition) is 5. The predicted molar refractivity (Wildman–Crippen MR) is 72.2 cm³/mol. The molecule has 0 fully saturated rings. The monoisotopic (exact) mass is 259 g/mol. The van der Waals surface area contributed by atoms with Crippen molar-refractivity contribution in [3.05, 3.63) is 48.0 Å². The number of hydrogen-bond donors (Lipinski definition) is 1. The predicted octanol–water partition coefficient (Wildman–Crippen LogP) is 1.74. The molecule has 0 amide bonds. The van der Waals surface area contributed by atoms with E-state index in [-0.39, 0.29) is 6.04 Å². The highest BCUT2D eigenvalue weighted by atomic mass is 16.5. The minimum atomic E-state index is -0.140. The molecule has 0 aliphatic rings. The number of rotatable bonds is 5. The Hall–Kier alpha value is -2.14. The van der Waals surface area contributed by atoms with Gasteiger partial charge in [0.2, 0.25) is 0 Å². The highest BCUT2D eigenvalue weighted by molar-refractivity contribution is 5.43. The molecule has 1 aromatic heterocycles. The van der Waals surface area contributed by atoms with Crippen molar-refractivity contribution >= 4 is 0 Å². The van der Waals surface area contributed by atoms with Gasteiger partial charge in [0.05, 0.1) is 14.2 Å². The maximum Gasteiger partial charge on any atom is 0.160 e. The number of nitrogens with zero attached hydrogens (tertiary/aromatic N) is 2. The Kier molecular flexibility index (Phi) is 4.30. The number of benzene rings is 1. The number of ether oxygens (including phenoxy) is 2. The van der Waals surface area contributed by atoms with Gasteiger partial charge in [-0.2, -0.15) is 0 Å². The van der Waals surface area contributed by atoms with Crippen molar-refractivity contribution in [1.29, 1.82) is 0 Å². The summed E-state index contributed by atoms with van der Waals surface area (Å²) in [6.45, 7) is 0. The summed E-state index contributed by atoms with van der Waals surface area (Å²) in [7, 11) is 3.23. The lowest BCUT2D eigenvalue weighted by Gasteiger charge is -2.13. The van der Waals surface area contributed by atoms with Crippen LogP contribution in [0.1, 0.15) is 17.2 Å². The summed E-state index contributed by atoms with van der Waals surface area (Å²) in [5, 5.41) is 0. The van der Waals surface area contributed by atoms with Crippen LogP contribution in [0.5, 0.6) is 11.5 Å². The van der Waals surface area contributed by atoms with Crippen LogP contribution in [0.25, 0.3) is 0 Å². The molecule has 0 aliphatic heterocycles. The molecule has 0 saturated heterocycles. The molecular weight excluding hydrogens is 242 g/mol. The van der Waals surface area contributed by atoms with Gasteiger partial charge in [0.15, 0.2) is 11.5 Å². The molecule has 19 heavy (non-hydrogen) atoms. The van der Waals surface area contributed by atoms with Crippen molar-refractivity contribution < 1.29 is 9.47 Å². The van der Waals surface area contributed by atoms with E-state index in [9.17, 15) is 0 Å². The van der Waals surface area contributed by atoms with Crippen molar-refractivity contribution in [2.24, 2.45) is 5.73 Å². The molecule has 5 nitrogen and oxygen atoms in total. The fourth-order valence-electron chi connectivity index (χ4n) is 1.88. The van der Waals surface area contributed by atoms with Gasteiger partial charge in [-0.3, -0.25) is 0 Å². The molecule has 1 aromatic carbocycles. The lowest BCUT2D eigenvalue weighted by Crippen LogP contribution is -2.14. The second kappa shape index (κ2) is 6.15. The van der Waals surface area contributed by atoms with Crippen LogP contribution >= 0.6 is 0 Å². The van der Waals surface area contributed by atoms with Gasteiger partial charge >= 0.3 is 0 Å². The van der Waals surface area contributed by atoms with E-state index >= 15 is 0 Å². The molecule has 5 heteroatoms. The zero-order valence-corrected chi connectivity index (χ0v) is 11.0. The summed E-state index contributed by atoms with van der Waals surface area (Å²) in [6.07, 6.45) is 5.65. The lowest BCUT2D eigenvalue weighted by molar-refractivity contribution is 0.354. The van der Waals surface area contributed by atoms with Gasteiger partial charge in [-0.25, -0.2) is 9.97 Å². The first-order valence-electron chi connectivity index (χ1n) is 5.96. The largest absolute Gasteiger partial charge is 0.493 e. The first-order chi connectivity index (χ1) is 9.24. The van der Waals surface area contributed by atoms with Crippen LogP contribution in [0.4, 0.5) is 0 Å². The molecule has 1 atom stereocenters. The molecular formula is C14H17N3O2. The third-order valence-corrected chi connectivity index (χ3v) is 2.91. The van der Waals surface area contributed by atoms with Gasteiger partial charge in [0.25, 0.3) is 0 Å². The lowest BCUT2D eigenvalue weighted by atomic mass is 10.0. The highest BCUT2D eigenvalue weighted by Gasteiger charge is 2.10. The summed E-state index contributed by atoms with van der Waals surface area (Å²) in [6, 6.07) is 5.65. The molecule has 1 unspecified atom stereocenters. The van der Waals surface area contributed by atoms with Crippen LogP contribution in [0.3, 0.4) is 0 Å². The van der Waals surface area contributed by atoms with E-state index in [1.54, 1.807) is 26.6 Å². The maximum absolute atomic E-state index is 6.14. The van der Waals surface area contributed by atoms with Gasteiger partial charge in [0.1, 0.15) is 6.33 Å². The quantitative estimate of drug-likeness (QED) is 0.885.